The van der Waals surface area contributed by atoms with Gasteiger partial charge in [0.05, 0.1) is 31.5 Å². The van der Waals surface area contributed by atoms with E-state index in [1.807, 2.05) is 25.1 Å². The molecule has 0 N–H and O–H groups in total. The van der Waals surface area contributed by atoms with Gasteiger partial charge in [0.1, 0.15) is 11.6 Å². The van der Waals surface area contributed by atoms with Gasteiger partial charge in [0.15, 0.2) is 6.29 Å². The van der Waals surface area contributed by atoms with Crippen molar-refractivity contribution in [2.45, 2.75) is 38.8 Å². The van der Waals surface area contributed by atoms with E-state index in [9.17, 15) is 4.79 Å². The van der Waals surface area contributed by atoms with Crippen LogP contribution in [-0.4, -0.2) is 43.9 Å². The van der Waals surface area contributed by atoms with Crippen LogP contribution < -0.4 is 9.64 Å². The Balaban J connectivity index is 2.19. The van der Waals surface area contributed by atoms with Crippen LogP contribution in [0.2, 0.25) is 0 Å². The van der Waals surface area contributed by atoms with Crippen molar-refractivity contribution in [2.75, 3.05) is 24.4 Å². The lowest BCUT2D eigenvalue weighted by Crippen LogP contribution is -2.39. The van der Waals surface area contributed by atoms with Gasteiger partial charge in [0.25, 0.3) is 0 Å². The van der Waals surface area contributed by atoms with E-state index in [4.69, 9.17) is 25.8 Å². The van der Waals surface area contributed by atoms with E-state index in [-0.39, 0.29) is 30.5 Å². The predicted octanol–water partition coefficient (Wildman–Crippen LogP) is 2.81. The number of anilines is 1. The molecule has 6 heteroatoms. The predicted molar refractivity (Wildman–Crippen MR) is 85.6 cm³/mol. The lowest BCUT2D eigenvalue weighted by atomic mass is 10.2. The van der Waals surface area contributed by atoms with Gasteiger partial charge in [-0.25, -0.2) is 0 Å². The van der Waals surface area contributed by atoms with Crippen molar-refractivity contribution in [1.82, 2.24) is 0 Å². The molecule has 1 saturated heterocycles. The quantitative estimate of drug-likeness (QED) is 0.754. The Labute approximate surface area is 136 Å². The van der Waals surface area contributed by atoms with Crippen LogP contribution in [0.25, 0.3) is 0 Å². The monoisotopic (exact) mass is 327 g/mol. The third-order valence-corrected chi connectivity index (χ3v) is 3.97. The summed E-state index contributed by atoms with van der Waals surface area (Å²) in [5.41, 5.74) is 0.662. The number of methoxy groups -OCH3 is 1. The van der Waals surface area contributed by atoms with Gasteiger partial charge in [0, 0.05) is 0 Å². The number of ether oxygens (including phenoxy) is 3. The highest BCUT2D eigenvalue weighted by Crippen LogP contribution is 2.30. The van der Waals surface area contributed by atoms with Gasteiger partial charge in [-0.15, -0.1) is 11.6 Å². The number of hydrogen-bond acceptors (Lipinski definition) is 4. The molecule has 0 bridgehead atoms. The first-order chi connectivity index (χ1) is 10.6. The minimum atomic E-state index is -0.461. The molecule has 3 unspecified atom stereocenters. The smallest absolute Gasteiger partial charge is 0.242 e. The van der Waals surface area contributed by atoms with Crippen molar-refractivity contribution in [3.05, 3.63) is 24.3 Å². The summed E-state index contributed by atoms with van der Waals surface area (Å²) < 4.78 is 17.0. The summed E-state index contributed by atoms with van der Waals surface area (Å²) in [7, 11) is 1.57. The van der Waals surface area contributed by atoms with E-state index in [0.717, 1.165) is 6.42 Å². The standard InChI is InChI=1S/C16H22ClNO4/c1-4-13-11(2)21-16(22-13)10-18(15(19)9-17)12-7-5-6-8-14(12)20-3/h5-8,11,13,16H,4,9-10H2,1-3H3. The number of rotatable bonds is 6. The van der Waals surface area contributed by atoms with E-state index in [1.54, 1.807) is 18.1 Å². The molecule has 0 aliphatic carbocycles. The SMILES string of the molecule is CCC1OC(CN(C(=O)CCl)c2ccccc2OC)OC1C. The fourth-order valence-corrected chi connectivity index (χ4v) is 2.73. The minimum absolute atomic E-state index is 0.0145. The summed E-state index contributed by atoms with van der Waals surface area (Å²) in [6.45, 7) is 4.31. The van der Waals surface area contributed by atoms with Crippen molar-refractivity contribution in [2.24, 2.45) is 0 Å². The molecule has 2 rings (SSSR count). The lowest BCUT2D eigenvalue weighted by Gasteiger charge is -2.26. The van der Waals surface area contributed by atoms with Gasteiger partial charge < -0.3 is 19.1 Å². The first-order valence-electron chi connectivity index (χ1n) is 7.41. The molecule has 1 fully saturated rings. The molecule has 0 spiro atoms. The van der Waals surface area contributed by atoms with Gasteiger partial charge >= 0.3 is 0 Å². The zero-order valence-electron chi connectivity index (χ0n) is 13.1. The summed E-state index contributed by atoms with van der Waals surface area (Å²) in [6.07, 6.45) is 0.476. The molecular formula is C16H22ClNO4. The second-order valence-corrected chi connectivity index (χ2v) is 5.43. The van der Waals surface area contributed by atoms with Gasteiger partial charge in [-0.05, 0) is 25.5 Å². The maximum absolute atomic E-state index is 12.2. The number of amides is 1. The Bertz CT molecular complexity index is 511. The Kier molecular flexibility index (Phi) is 6.06. The average Bonchev–Trinajstić information content (AvgIpc) is 2.91. The molecule has 5 nitrogen and oxygen atoms in total. The average molecular weight is 328 g/mol. The van der Waals surface area contributed by atoms with Crippen LogP contribution in [0.3, 0.4) is 0 Å². The topological polar surface area (TPSA) is 48.0 Å². The highest BCUT2D eigenvalue weighted by Gasteiger charge is 2.34. The largest absolute Gasteiger partial charge is 0.495 e. The Hall–Kier alpha value is -1.30. The summed E-state index contributed by atoms with van der Waals surface area (Å²) in [6, 6.07) is 7.32. The number of halogens is 1. The van der Waals surface area contributed by atoms with E-state index < -0.39 is 6.29 Å². The molecule has 1 aromatic carbocycles. The lowest BCUT2D eigenvalue weighted by molar-refractivity contribution is -0.118. The summed E-state index contributed by atoms with van der Waals surface area (Å²) in [4.78, 5) is 13.8. The van der Waals surface area contributed by atoms with E-state index in [0.29, 0.717) is 11.4 Å². The maximum atomic E-state index is 12.2. The van der Waals surface area contributed by atoms with Crippen molar-refractivity contribution in [1.29, 1.82) is 0 Å². The number of para-hydroxylation sites is 2. The summed E-state index contributed by atoms with van der Waals surface area (Å²) in [5, 5.41) is 0. The van der Waals surface area contributed by atoms with Crippen molar-refractivity contribution in [3.8, 4) is 5.75 Å². The Morgan fingerprint density at radius 1 is 1.36 bits per heavy atom. The molecule has 122 valence electrons. The maximum Gasteiger partial charge on any atom is 0.242 e. The van der Waals surface area contributed by atoms with Gasteiger partial charge in [0.2, 0.25) is 5.91 Å². The Morgan fingerprint density at radius 3 is 2.68 bits per heavy atom. The van der Waals surface area contributed by atoms with Crippen LogP contribution in [0.15, 0.2) is 24.3 Å². The molecule has 1 amide bonds. The molecule has 0 aromatic heterocycles. The molecule has 22 heavy (non-hydrogen) atoms. The number of carbonyl (C=O) groups is 1. The summed E-state index contributed by atoms with van der Waals surface area (Å²) in [5.74, 6) is 0.280. The molecule has 3 atom stereocenters. The third-order valence-electron chi connectivity index (χ3n) is 3.74. The van der Waals surface area contributed by atoms with Crippen molar-refractivity contribution in [3.63, 3.8) is 0 Å². The highest BCUT2D eigenvalue weighted by atomic mass is 35.5. The van der Waals surface area contributed by atoms with Crippen LogP contribution in [0.4, 0.5) is 5.69 Å². The number of benzene rings is 1. The third kappa shape index (κ3) is 3.72. The molecule has 0 radical (unpaired) electrons. The van der Waals surface area contributed by atoms with E-state index >= 15 is 0 Å². The normalized spacial score (nSPS) is 24.3. The fourth-order valence-electron chi connectivity index (χ4n) is 2.59. The molecule has 1 aromatic rings. The summed E-state index contributed by atoms with van der Waals surface area (Å²) >= 11 is 5.75. The first-order valence-corrected chi connectivity index (χ1v) is 7.94. The van der Waals surface area contributed by atoms with Crippen LogP contribution in [0.5, 0.6) is 5.75 Å². The second kappa shape index (κ2) is 7.81. The fraction of sp³-hybridized carbons (Fsp3) is 0.562. The second-order valence-electron chi connectivity index (χ2n) is 5.16. The first kappa shape index (κ1) is 17.1. The zero-order chi connectivity index (χ0) is 16.1. The molecular weight excluding hydrogens is 306 g/mol. The molecule has 1 heterocycles. The number of nitrogens with zero attached hydrogens (tertiary/aromatic N) is 1. The Morgan fingerprint density at radius 2 is 2.09 bits per heavy atom. The van der Waals surface area contributed by atoms with Gasteiger partial charge in [-0.3, -0.25) is 4.79 Å². The van der Waals surface area contributed by atoms with Crippen LogP contribution >= 0.6 is 11.6 Å². The van der Waals surface area contributed by atoms with Crippen molar-refractivity contribution >= 4 is 23.2 Å². The van der Waals surface area contributed by atoms with Gasteiger partial charge in [-0.2, -0.15) is 0 Å². The zero-order valence-corrected chi connectivity index (χ0v) is 13.9. The molecule has 0 saturated carbocycles. The molecule has 1 aliphatic heterocycles. The van der Waals surface area contributed by atoms with E-state index in [2.05, 4.69) is 6.92 Å². The highest BCUT2D eigenvalue weighted by molar-refractivity contribution is 6.29. The van der Waals surface area contributed by atoms with E-state index in [1.165, 1.54) is 0 Å². The van der Waals surface area contributed by atoms with Crippen LogP contribution in [-0.2, 0) is 14.3 Å². The molecule has 1 aliphatic rings. The minimum Gasteiger partial charge on any atom is -0.495 e. The van der Waals surface area contributed by atoms with Crippen LogP contribution in [0, 0.1) is 0 Å². The number of hydrogen-bond donors (Lipinski definition) is 0. The van der Waals surface area contributed by atoms with Crippen LogP contribution in [0.1, 0.15) is 20.3 Å². The van der Waals surface area contributed by atoms with Gasteiger partial charge in [-0.1, -0.05) is 19.1 Å². The van der Waals surface area contributed by atoms with Crippen molar-refractivity contribution < 1.29 is 19.0 Å². The number of carbonyl (C=O) groups excluding carboxylic acids is 1. The number of alkyl halides is 1.